The number of rotatable bonds is 7. The summed E-state index contributed by atoms with van der Waals surface area (Å²) in [6.45, 7) is 1.39. The first-order chi connectivity index (χ1) is 11.3. The molecule has 0 spiro atoms. The van der Waals surface area contributed by atoms with E-state index in [1.165, 1.54) is 0 Å². The SMILES string of the molecule is COc1ccc(-c2cnc(CNCc3ccco3)s2)c(OC)c1. The molecule has 0 aliphatic carbocycles. The maximum atomic E-state index is 5.45. The highest BCUT2D eigenvalue weighted by molar-refractivity contribution is 7.15. The van der Waals surface area contributed by atoms with Crippen molar-refractivity contribution in [1.82, 2.24) is 10.3 Å². The number of hydrogen-bond acceptors (Lipinski definition) is 6. The van der Waals surface area contributed by atoms with Gasteiger partial charge in [0.15, 0.2) is 0 Å². The highest BCUT2D eigenvalue weighted by atomic mass is 32.1. The number of aromatic nitrogens is 1. The molecule has 3 aromatic rings. The first-order valence-corrected chi connectivity index (χ1v) is 8.02. The van der Waals surface area contributed by atoms with Gasteiger partial charge in [-0.15, -0.1) is 11.3 Å². The Morgan fingerprint density at radius 3 is 2.83 bits per heavy atom. The lowest BCUT2D eigenvalue weighted by atomic mass is 10.1. The zero-order valence-corrected chi connectivity index (χ0v) is 13.9. The van der Waals surface area contributed by atoms with Crippen LogP contribution in [0, 0.1) is 0 Å². The van der Waals surface area contributed by atoms with Crippen LogP contribution in [0.25, 0.3) is 10.4 Å². The Bertz CT molecular complexity index is 753. The van der Waals surface area contributed by atoms with Crippen LogP contribution >= 0.6 is 11.3 Å². The standard InChI is InChI=1S/C17H18N2O3S/c1-20-12-5-6-14(15(8-12)21-2)16-10-19-17(23-16)11-18-9-13-4-3-7-22-13/h3-8,10,18H,9,11H2,1-2H3. The fourth-order valence-electron chi connectivity index (χ4n) is 2.22. The summed E-state index contributed by atoms with van der Waals surface area (Å²) in [6.07, 6.45) is 3.55. The van der Waals surface area contributed by atoms with Crippen molar-refractivity contribution in [2.75, 3.05) is 14.2 Å². The summed E-state index contributed by atoms with van der Waals surface area (Å²) in [5, 5.41) is 4.34. The van der Waals surface area contributed by atoms with Gasteiger partial charge >= 0.3 is 0 Å². The van der Waals surface area contributed by atoms with Crippen molar-refractivity contribution < 1.29 is 13.9 Å². The highest BCUT2D eigenvalue weighted by Crippen LogP contribution is 2.36. The zero-order chi connectivity index (χ0) is 16.1. The van der Waals surface area contributed by atoms with E-state index in [1.54, 1.807) is 31.8 Å². The van der Waals surface area contributed by atoms with E-state index >= 15 is 0 Å². The molecule has 0 bridgehead atoms. The van der Waals surface area contributed by atoms with Gasteiger partial charge < -0.3 is 19.2 Å². The van der Waals surface area contributed by atoms with Gasteiger partial charge in [0.1, 0.15) is 22.3 Å². The second-order valence-corrected chi connectivity index (χ2v) is 5.98. The molecule has 6 heteroatoms. The molecule has 2 heterocycles. The third-order valence-electron chi connectivity index (χ3n) is 3.38. The summed E-state index contributed by atoms with van der Waals surface area (Å²) < 4.78 is 16.0. The van der Waals surface area contributed by atoms with Crippen LogP contribution in [0.15, 0.2) is 47.2 Å². The summed E-state index contributed by atoms with van der Waals surface area (Å²) in [5.41, 5.74) is 1.02. The number of benzene rings is 1. The molecule has 0 radical (unpaired) electrons. The molecule has 0 unspecified atom stereocenters. The molecule has 1 N–H and O–H groups in total. The Kier molecular flexibility index (Phi) is 4.95. The van der Waals surface area contributed by atoms with Crippen LogP contribution < -0.4 is 14.8 Å². The molecule has 0 amide bonds. The fraction of sp³-hybridized carbons (Fsp3) is 0.235. The molecule has 2 aromatic heterocycles. The van der Waals surface area contributed by atoms with Gasteiger partial charge in [-0.05, 0) is 24.3 Å². The van der Waals surface area contributed by atoms with Gasteiger partial charge in [0.2, 0.25) is 0 Å². The van der Waals surface area contributed by atoms with Crippen LogP contribution in [0.3, 0.4) is 0 Å². The van der Waals surface area contributed by atoms with Crippen LogP contribution in [0.1, 0.15) is 10.8 Å². The first-order valence-electron chi connectivity index (χ1n) is 7.20. The Morgan fingerprint density at radius 2 is 2.09 bits per heavy atom. The summed E-state index contributed by atoms with van der Waals surface area (Å²) in [6, 6.07) is 9.62. The van der Waals surface area contributed by atoms with E-state index in [1.807, 2.05) is 36.5 Å². The normalized spacial score (nSPS) is 10.7. The van der Waals surface area contributed by atoms with E-state index in [0.29, 0.717) is 13.1 Å². The van der Waals surface area contributed by atoms with Gasteiger partial charge in [-0.1, -0.05) is 0 Å². The molecule has 0 aliphatic heterocycles. The van der Waals surface area contributed by atoms with Crippen LogP contribution in [0.2, 0.25) is 0 Å². The van der Waals surface area contributed by atoms with E-state index in [4.69, 9.17) is 13.9 Å². The van der Waals surface area contributed by atoms with Crippen molar-refractivity contribution in [1.29, 1.82) is 0 Å². The van der Waals surface area contributed by atoms with E-state index in [0.717, 1.165) is 32.7 Å². The van der Waals surface area contributed by atoms with Crippen molar-refractivity contribution >= 4 is 11.3 Å². The van der Waals surface area contributed by atoms with Gasteiger partial charge in [0.05, 0.1) is 31.9 Å². The second kappa shape index (κ2) is 7.30. The number of thiazole rings is 1. The topological polar surface area (TPSA) is 56.5 Å². The number of furan rings is 1. The number of nitrogens with one attached hydrogen (secondary N) is 1. The maximum absolute atomic E-state index is 5.45. The van der Waals surface area contributed by atoms with E-state index in [-0.39, 0.29) is 0 Å². The highest BCUT2D eigenvalue weighted by Gasteiger charge is 2.11. The minimum Gasteiger partial charge on any atom is -0.497 e. The van der Waals surface area contributed by atoms with Gasteiger partial charge in [0, 0.05) is 24.4 Å². The minimum atomic E-state index is 0.688. The Hall–Kier alpha value is -2.31. The lowest BCUT2D eigenvalue weighted by molar-refractivity contribution is 0.395. The number of ether oxygens (including phenoxy) is 2. The lowest BCUT2D eigenvalue weighted by Gasteiger charge is -2.08. The molecule has 1 aromatic carbocycles. The van der Waals surface area contributed by atoms with Gasteiger partial charge in [-0.25, -0.2) is 4.98 Å². The monoisotopic (exact) mass is 330 g/mol. The van der Waals surface area contributed by atoms with Crippen LogP contribution in [-0.2, 0) is 13.1 Å². The van der Waals surface area contributed by atoms with Crippen LogP contribution in [0.4, 0.5) is 0 Å². The molecule has 5 nitrogen and oxygen atoms in total. The summed E-state index contributed by atoms with van der Waals surface area (Å²) in [7, 11) is 3.30. The maximum Gasteiger partial charge on any atom is 0.131 e. The average molecular weight is 330 g/mol. The predicted octanol–water partition coefficient (Wildman–Crippen LogP) is 3.71. The molecule has 23 heavy (non-hydrogen) atoms. The van der Waals surface area contributed by atoms with E-state index in [2.05, 4.69) is 10.3 Å². The Morgan fingerprint density at radius 1 is 1.17 bits per heavy atom. The van der Waals surface area contributed by atoms with Crippen molar-refractivity contribution in [3.05, 3.63) is 53.6 Å². The average Bonchev–Trinajstić information content (AvgIpc) is 3.26. The smallest absolute Gasteiger partial charge is 0.131 e. The zero-order valence-electron chi connectivity index (χ0n) is 13.0. The Labute approximate surface area is 138 Å². The molecular weight excluding hydrogens is 312 g/mol. The van der Waals surface area contributed by atoms with Crippen LogP contribution in [0.5, 0.6) is 11.5 Å². The summed E-state index contributed by atoms with van der Waals surface area (Å²) in [5.74, 6) is 2.47. The van der Waals surface area contributed by atoms with Gasteiger partial charge in [-0.3, -0.25) is 0 Å². The summed E-state index contributed by atoms with van der Waals surface area (Å²) in [4.78, 5) is 5.54. The third kappa shape index (κ3) is 3.72. The number of nitrogens with zero attached hydrogens (tertiary/aromatic N) is 1. The molecule has 0 saturated heterocycles. The van der Waals surface area contributed by atoms with Crippen molar-refractivity contribution in [2.24, 2.45) is 0 Å². The molecule has 0 aliphatic rings. The van der Waals surface area contributed by atoms with Crippen molar-refractivity contribution in [3.8, 4) is 21.9 Å². The quantitative estimate of drug-likeness (QED) is 0.716. The van der Waals surface area contributed by atoms with E-state index in [9.17, 15) is 0 Å². The minimum absolute atomic E-state index is 0.688. The molecule has 120 valence electrons. The van der Waals surface area contributed by atoms with Crippen LogP contribution in [-0.4, -0.2) is 19.2 Å². The van der Waals surface area contributed by atoms with Gasteiger partial charge in [0.25, 0.3) is 0 Å². The fourth-order valence-corrected chi connectivity index (χ4v) is 3.14. The molecule has 0 fully saturated rings. The molecule has 0 atom stereocenters. The van der Waals surface area contributed by atoms with Gasteiger partial charge in [-0.2, -0.15) is 0 Å². The molecule has 3 rings (SSSR count). The lowest BCUT2D eigenvalue weighted by Crippen LogP contribution is -2.11. The van der Waals surface area contributed by atoms with E-state index < -0.39 is 0 Å². The molecule has 0 saturated carbocycles. The number of hydrogen-bond donors (Lipinski definition) is 1. The predicted molar refractivity (Wildman–Crippen MR) is 89.9 cm³/mol. The third-order valence-corrected chi connectivity index (χ3v) is 4.41. The molecular formula is C17H18N2O3S. The first kappa shape index (κ1) is 15.6. The summed E-state index contributed by atoms with van der Waals surface area (Å²) >= 11 is 1.64. The Balaban J connectivity index is 1.69. The van der Waals surface area contributed by atoms with Crippen molar-refractivity contribution in [3.63, 3.8) is 0 Å². The second-order valence-electron chi connectivity index (χ2n) is 4.87. The van der Waals surface area contributed by atoms with Crippen molar-refractivity contribution in [2.45, 2.75) is 13.1 Å². The largest absolute Gasteiger partial charge is 0.497 e. The number of methoxy groups -OCH3 is 2.